The second-order valence-electron chi connectivity index (χ2n) is 5.28. The number of anilines is 1. The Morgan fingerprint density at radius 3 is 2.61 bits per heavy atom. The molecule has 2 aromatic rings. The predicted octanol–water partition coefficient (Wildman–Crippen LogP) is 2.24. The molecule has 0 saturated heterocycles. The first kappa shape index (κ1) is 12.5. The maximum absolute atomic E-state index is 5.87. The highest BCUT2D eigenvalue weighted by Crippen LogP contribution is 2.24. The smallest absolute Gasteiger partial charge is 0.180 e. The molecule has 0 aliphatic carbocycles. The van der Waals surface area contributed by atoms with Crippen molar-refractivity contribution in [3.05, 3.63) is 24.0 Å². The molecular formula is C13H19N5. The van der Waals surface area contributed by atoms with Crippen molar-refractivity contribution >= 4 is 5.82 Å². The van der Waals surface area contributed by atoms with Crippen LogP contribution in [0.5, 0.6) is 0 Å². The van der Waals surface area contributed by atoms with E-state index in [1.165, 1.54) is 0 Å². The third-order valence-electron chi connectivity index (χ3n) is 2.76. The van der Waals surface area contributed by atoms with Crippen LogP contribution in [0.1, 0.15) is 33.4 Å². The van der Waals surface area contributed by atoms with E-state index in [0.717, 1.165) is 17.9 Å². The Morgan fingerprint density at radius 2 is 2.00 bits per heavy atom. The molecular weight excluding hydrogens is 226 g/mol. The lowest BCUT2D eigenvalue weighted by Gasteiger charge is -2.18. The Balaban J connectivity index is 2.56. The number of rotatable bonds is 2. The summed E-state index contributed by atoms with van der Waals surface area (Å²) in [6.07, 6.45) is 1.75. The summed E-state index contributed by atoms with van der Waals surface area (Å²) < 4.78 is 1.86. The number of aryl methyl sites for hydroxylation is 1. The second kappa shape index (κ2) is 4.40. The van der Waals surface area contributed by atoms with Crippen molar-refractivity contribution in [2.75, 3.05) is 5.73 Å². The van der Waals surface area contributed by atoms with Crippen LogP contribution in [0.4, 0.5) is 5.82 Å². The first-order valence-corrected chi connectivity index (χ1v) is 6.09. The first-order chi connectivity index (χ1) is 8.41. The summed E-state index contributed by atoms with van der Waals surface area (Å²) in [6, 6.07) is 3.74. The Kier molecular flexibility index (Phi) is 3.07. The van der Waals surface area contributed by atoms with Gasteiger partial charge in [-0.1, -0.05) is 20.8 Å². The van der Waals surface area contributed by atoms with Gasteiger partial charge in [0.2, 0.25) is 0 Å². The van der Waals surface area contributed by atoms with Crippen molar-refractivity contribution in [3.8, 4) is 11.5 Å². The minimum Gasteiger partial charge on any atom is -0.384 e. The number of hydrogen-bond donors (Lipinski definition) is 1. The lowest BCUT2D eigenvalue weighted by Crippen LogP contribution is -2.16. The molecule has 0 aliphatic rings. The predicted molar refractivity (Wildman–Crippen MR) is 72.0 cm³/mol. The van der Waals surface area contributed by atoms with Gasteiger partial charge in [0.1, 0.15) is 11.5 Å². The molecule has 0 aromatic carbocycles. The molecule has 0 aliphatic heterocycles. The van der Waals surface area contributed by atoms with Crippen molar-refractivity contribution in [2.24, 2.45) is 0 Å². The third-order valence-corrected chi connectivity index (χ3v) is 2.76. The van der Waals surface area contributed by atoms with Gasteiger partial charge in [0.25, 0.3) is 0 Å². The van der Waals surface area contributed by atoms with Gasteiger partial charge in [0.15, 0.2) is 5.82 Å². The maximum atomic E-state index is 5.87. The number of nitrogens with two attached hydrogens (primary N) is 1. The Bertz CT molecular complexity index is 551. The molecule has 0 unspecified atom stereocenters. The number of nitrogen functional groups attached to an aromatic ring is 1. The van der Waals surface area contributed by atoms with Crippen LogP contribution in [0.25, 0.3) is 11.5 Å². The van der Waals surface area contributed by atoms with E-state index in [1.807, 2.05) is 23.7 Å². The lowest BCUT2D eigenvalue weighted by molar-refractivity contribution is 0.567. The lowest BCUT2D eigenvalue weighted by atomic mass is 9.92. The summed E-state index contributed by atoms with van der Waals surface area (Å²) in [5.74, 6) is 1.13. The van der Waals surface area contributed by atoms with Crippen LogP contribution < -0.4 is 5.73 Å². The van der Waals surface area contributed by atoms with Crippen LogP contribution in [0.2, 0.25) is 0 Å². The highest BCUT2D eigenvalue weighted by Gasteiger charge is 2.19. The van der Waals surface area contributed by atoms with E-state index in [1.54, 1.807) is 6.20 Å². The van der Waals surface area contributed by atoms with Gasteiger partial charge in [0, 0.05) is 24.2 Å². The maximum Gasteiger partial charge on any atom is 0.180 e. The van der Waals surface area contributed by atoms with E-state index in [2.05, 4.69) is 35.8 Å². The van der Waals surface area contributed by atoms with Crippen LogP contribution in [0, 0.1) is 0 Å². The molecule has 5 nitrogen and oxygen atoms in total. The molecule has 2 heterocycles. The normalized spacial score (nSPS) is 11.8. The molecule has 0 saturated carbocycles. The fourth-order valence-corrected chi connectivity index (χ4v) is 1.74. The number of aromatic nitrogens is 4. The van der Waals surface area contributed by atoms with Crippen LogP contribution in [0.15, 0.2) is 18.3 Å². The van der Waals surface area contributed by atoms with E-state index in [-0.39, 0.29) is 5.41 Å². The highest BCUT2D eigenvalue weighted by atomic mass is 15.3. The molecule has 0 fully saturated rings. The SMILES string of the molecule is CCn1nccc1-c1nc(N)cc(C(C)(C)C)n1. The van der Waals surface area contributed by atoms with Crippen molar-refractivity contribution in [1.82, 2.24) is 19.7 Å². The summed E-state index contributed by atoms with van der Waals surface area (Å²) in [7, 11) is 0. The molecule has 0 bridgehead atoms. The Hall–Kier alpha value is -1.91. The van der Waals surface area contributed by atoms with E-state index < -0.39 is 0 Å². The van der Waals surface area contributed by atoms with Crippen LogP contribution in [0.3, 0.4) is 0 Å². The van der Waals surface area contributed by atoms with Crippen molar-refractivity contribution in [3.63, 3.8) is 0 Å². The largest absolute Gasteiger partial charge is 0.384 e. The summed E-state index contributed by atoms with van der Waals surface area (Å²) in [5, 5.41) is 4.23. The number of hydrogen-bond acceptors (Lipinski definition) is 4. The van der Waals surface area contributed by atoms with Gasteiger partial charge in [-0.25, -0.2) is 9.97 Å². The highest BCUT2D eigenvalue weighted by molar-refractivity contribution is 5.52. The van der Waals surface area contributed by atoms with Crippen LogP contribution in [-0.2, 0) is 12.0 Å². The molecule has 0 spiro atoms. The van der Waals surface area contributed by atoms with Crippen molar-refractivity contribution in [2.45, 2.75) is 39.7 Å². The van der Waals surface area contributed by atoms with Crippen molar-refractivity contribution in [1.29, 1.82) is 0 Å². The topological polar surface area (TPSA) is 69.6 Å². The molecule has 5 heteroatoms. The number of nitrogens with zero attached hydrogens (tertiary/aromatic N) is 4. The van der Waals surface area contributed by atoms with Gasteiger partial charge in [-0.05, 0) is 13.0 Å². The molecule has 2 N–H and O–H groups in total. The van der Waals surface area contributed by atoms with Gasteiger partial charge in [0.05, 0.1) is 5.69 Å². The van der Waals surface area contributed by atoms with Gasteiger partial charge in [-0.15, -0.1) is 0 Å². The summed E-state index contributed by atoms with van der Waals surface area (Å²) in [4.78, 5) is 8.91. The first-order valence-electron chi connectivity index (χ1n) is 6.09. The minimum atomic E-state index is -0.0527. The average Bonchev–Trinajstić information content (AvgIpc) is 2.74. The van der Waals surface area contributed by atoms with Crippen LogP contribution in [-0.4, -0.2) is 19.7 Å². The van der Waals surface area contributed by atoms with Crippen LogP contribution >= 0.6 is 0 Å². The molecule has 0 radical (unpaired) electrons. The summed E-state index contributed by atoms with van der Waals surface area (Å²) in [6.45, 7) is 9.14. The summed E-state index contributed by atoms with van der Waals surface area (Å²) in [5.41, 5.74) is 7.66. The van der Waals surface area contributed by atoms with Gasteiger partial charge < -0.3 is 5.73 Å². The van der Waals surface area contributed by atoms with E-state index in [4.69, 9.17) is 5.73 Å². The Labute approximate surface area is 107 Å². The monoisotopic (exact) mass is 245 g/mol. The fourth-order valence-electron chi connectivity index (χ4n) is 1.74. The zero-order valence-electron chi connectivity index (χ0n) is 11.3. The van der Waals surface area contributed by atoms with E-state index in [0.29, 0.717) is 11.6 Å². The van der Waals surface area contributed by atoms with Gasteiger partial charge in [-0.3, -0.25) is 4.68 Å². The fraction of sp³-hybridized carbons (Fsp3) is 0.462. The second-order valence-corrected chi connectivity index (χ2v) is 5.28. The molecule has 2 aromatic heterocycles. The summed E-state index contributed by atoms with van der Waals surface area (Å²) >= 11 is 0. The molecule has 0 atom stereocenters. The van der Waals surface area contributed by atoms with Gasteiger partial charge in [-0.2, -0.15) is 5.10 Å². The van der Waals surface area contributed by atoms with E-state index >= 15 is 0 Å². The quantitative estimate of drug-likeness (QED) is 0.881. The molecule has 2 rings (SSSR count). The third kappa shape index (κ3) is 2.34. The van der Waals surface area contributed by atoms with Crippen molar-refractivity contribution < 1.29 is 0 Å². The standard InChI is InChI=1S/C13H19N5/c1-5-18-9(6-7-15-18)12-16-10(13(2,3)4)8-11(14)17-12/h6-8H,5H2,1-4H3,(H2,14,16,17). The minimum absolute atomic E-state index is 0.0527. The molecule has 96 valence electrons. The zero-order valence-corrected chi connectivity index (χ0v) is 11.3. The van der Waals surface area contributed by atoms with Gasteiger partial charge >= 0.3 is 0 Å². The molecule has 18 heavy (non-hydrogen) atoms. The Morgan fingerprint density at radius 1 is 1.28 bits per heavy atom. The average molecular weight is 245 g/mol. The zero-order chi connectivity index (χ0) is 13.3. The van der Waals surface area contributed by atoms with E-state index in [9.17, 15) is 0 Å². The molecule has 0 amide bonds.